The van der Waals surface area contributed by atoms with Gasteiger partial charge in [0.05, 0.1) is 21.3 Å². The van der Waals surface area contributed by atoms with Gasteiger partial charge in [-0.05, 0) is 61.7 Å². The summed E-state index contributed by atoms with van der Waals surface area (Å²) in [6.45, 7) is 3.67. The van der Waals surface area contributed by atoms with Crippen LogP contribution in [0.3, 0.4) is 0 Å². The van der Waals surface area contributed by atoms with Crippen molar-refractivity contribution >= 4 is 5.91 Å². The number of hydrogen-bond donors (Lipinski definition) is 1. The molecule has 6 nitrogen and oxygen atoms in total. The van der Waals surface area contributed by atoms with Gasteiger partial charge in [0.15, 0.2) is 0 Å². The monoisotopic (exact) mass is 398 g/mol. The number of piperidine rings is 1. The number of methoxy groups -OCH3 is 3. The van der Waals surface area contributed by atoms with E-state index < -0.39 is 0 Å². The van der Waals surface area contributed by atoms with Crippen molar-refractivity contribution in [2.45, 2.75) is 19.4 Å². The van der Waals surface area contributed by atoms with E-state index in [4.69, 9.17) is 14.2 Å². The Kier molecular flexibility index (Phi) is 7.36. The van der Waals surface area contributed by atoms with Gasteiger partial charge in [0.2, 0.25) is 0 Å². The lowest BCUT2D eigenvalue weighted by Crippen LogP contribution is -2.38. The molecule has 1 heterocycles. The summed E-state index contributed by atoms with van der Waals surface area (Å²) < 4.78 is 15.9. The molecule has 0 saturated carbocycles. The van der Waals surface area contributed by atoms with Crippen LogP contribution in [0.5, 0.6) is 17.2 Å². The van der Waals surface area contributed by atoms with Crippen LogP contribution in [-0.2, 0) is 6.54 Å². The highest BCUT2D eigenvalue weighted by atomic mass is 16.5. The van der Waals surface area contributed by atoms with Gasteiger partial charge in [-0.2, -0.15) is 0 Å². The molecule has 1 amide bonds. The maximum absolute atomic E-state index is 12.7. The van der Waals surface area contributed by atoms with Gasteiger partial charge in [-0.3, -0.25) is 9.69 Å². The lowest BCUT2D eigenvalue weighted by atomic mass is 9.96. The standard InChI is InChI=1S/C23H30N2O4/c1-27-19-9-7-18(8-10-19)16-25-13-11-17(12-14-25)15-24-23(26)22-20(28-2)5-4-6-21(22)29-3/h4-10,17H,11-16H2,1-3H3,(H,24,26). The molecule has 0 bridgehead atoms. The summed E-state index contributed by atoms with van der Waals surface area (Å²) in [5.41, 5.74) is 1.75. The summed E-state index contributed by atoms with van der Waals surface area (Å²) in [5, 5.41) is 3.06. The molecule has 29 heavy (non-hydrogen) atoms. The van der Waals surface area contributed by atoms with Gasteiger partial charge >= 0.3 is 0 Å². The molecule has 1 aliphatic heterocycles. The Morgan fingerprint density at radius 3 is 2.14 bits per heavy atom. The Bertz CT molecular complexity index is 777. The molecule has 1 fully saturated rings. The van der Waals surface area contributed by atoms with Crippen LogP contribution in [0.2, 0.25) is 0 Å². The number of rotatable bonds is 8. The number of carbonyl (C=O) groups is 1. The Labute approximate surface area is 172 Å². The van der Waals surface area contributed by atoms with Gasteiger partial charge < -0.3 is 19.5 Å². The van der Waals surface area contributed by atoms with Crippen molar-refractivity contribution in [2.24, 2.45) is 5.92 Å². The minimum atomic E-state index is -0.153. The van der Waals surface area contributed by atoms with E-state index in [-0.39, 0.29) is 5.91 Å². The number of likely N-dealkylation sites (tertiary alicyclic amines) is 1. The Morgan fingerprint density at radius 2 is 1.59 bits per heavy atom. The Balaban J connectivity index is 1.48. The average molecular weight is 399 g/mol. The second-order valence-electron chi connectivity index (χ2n) is 7.32. The van der Waals surface area contributed by atoms with Crippen LogP contribution in [0.15, 0.2) is 42.5 Å². The highest BCUT2D eigenvalue weighted by Crippen LogP contribution is 2.28. The maximum Gasteiger partial charge on any atom is 0.258 e. The zero-order valence-corrected chi connectivity index (χ0v) is 17.4. The summed E-state index contributed by atoms with van der Waals surface area (Å²) >= 11 is 0. The third-order valence-corrected chi connectivity index (χ3v) is 5.48. The van der Waals surface area contributed by atoms with Crippen LogP contribution >= 0.6 is 0 Å². The van der Waals surface area contributed by atoms with E-state index in [2.05, 4.69) is 22.3 Å². The molecule has 0 aliphatic carbocycles. The predicted molar refractivity (Wildman–Crippen MR) is 113 cm³/mol. The lowest BCUT2D eigenvalue weighted by Gasteiger charge is -2.32. The highest BCUT2D eigenvalue weighted by Gasteiger charge is 2.22. The van der Waals surface area contributed by atoms with Crippen LogP contribution in [0.4, 0.5) is 0 Å². The number of benzene rings is 2. The number of ether oxygens (including phenoxy) is 3. The average Bonchev–Trinajstić information content (AvgIpc) is 2.78. The molecule has 0 unspecified atom stereocenters. The van der Waals surface area contributed by atoms with Gasteiger partial charge in [-0.1, -0.05) is 18.2 Å². The smallest absolute Gasteiger partial charge is 0.258 e. The first-order valence-electron chi connectivity index (χ1n) is 9.99. The summed E-state index contributed by atoms with van der Waals surface area (Å²) in [6, 6.07) is 13.6. The summed E-state index contributed by atoms with van der Waals surface area (Å²) in [4.78, 5) is 15.2. The van der Waals surface area contributed by atoms with Crippen LogP contribution in [0.25, 0.3) is 0 Å². The molecule has 0 spiro atoms. The summed E-state index contributed by atoms with van der Waals surface area (Å²) in [6.07, 6.45) is 2.14. The quantitative estimate of drug-likeness (QED) is 0.739. The van der Waals surface area contributed by atoms with E-state index in [0.717, 1.165) is 38.2 Å². The first kappa shape index (κ1) is 21.0. The van der Waals surface area contributed by atoms with Gasteiger partial charge in [0.1, 0.15) is 22.8 Å². The largest absolute Gasteiger partial charge is 0.497 e. The van der Waals surface area contributed by atoms with E-state index in [1.54, 1.807) is 33.5 Å². The van der Waals surface area contributed by atoms with Crippen LogP contribution in [-0.4, -0.2) is 51.8 Å². The van der Waals surface area contributed by atoms with Crippen molar-refractivity contribution < 1.29 is 19.0 Å². The number of nitrogens with zero attached hydrogens (tertiary/aromatic N) is 1. The minimum absolute atomic E-state index is 0.153. The summed E-state index contributed by atoms with van der Waals surface area (Å²) in [5.74, 6) is 2.26. The number of amides is 1. The predicted octanol–water partition coefficient (Wildman–Crippen LogP) is 3.35. The number of carbonyl (C=O) groups excluding carboxylic acids is 1. The second-order valence-corrected chi connectivity index (χ2v) is 7.32. The molecule has 0 aromatic heterocycles. The number of nitrogens with one attached hydrogen (secondary N) is 1. The van der Waals surface area contributed by atoms with E-state index >= 15 is 0 Å². The van der Waals surface area contributed by atoms with Crippen molar-refractivity contribution in [1.82, 2.24) is 10.2 Å². The van der Waals surface area contributed by atoms with Crippen molar-refractivity contribution in [1.29, 1.82) is 0 Å². The van der Waals surface area contributed by atoms with Crippen molar-refractivity contribution in [2.75, 3.05) is 41.0 Å². The molecular weight excluding hydrogens is 368 g/mol. The fraction of sp³-hybridized carbons (Fsp3) is 0.435. The Hall–Kier alpha value is -2.73. The fourth-order valence-corrected chi connectivity index (χ4v) is 3.74. The molecule has 2 aromatic carbocycles. The van der Waals surface area contributed by atoms with Crippen molar-refractivity contribution in [3.63, 3.8) is 0 Å². The second kappa shape index (κ2) is 10.2. The lowest BCUT2D eigenvalue weighted by molar-refractivity contribution is 0.0929. The summed E-state index contributed by atoms with van der Waals surface area (Å²) in [7, 11) is 4.80. The molecule has 1 saturated heterocycles. The highest BCUT2D eigenvalue weighted by molar-refractivity contribution is 5.99. The van der Waals surface area contributed by atoms with Crippen molar-refractivity contribution in [3.05, 3.63) is 53.6 Å². The first-order chi connectivity index (χ1) is 14.1. The fourth-order valence-electron chi connectivity index (χ4n) is 3.74. The minimum Gasteiger partial charge on any atom is -0.497 e. The van der Waals surface area contributed by atoms with Crippen LogP contribution < -0.4 is 19.5 Å². The molecule has 156 valence electrons. The zero-order valence-electron chi connectivity index (χ0n) is 17.4. The zero-order chi connectivity index (χ0) is 20.6. The normalized spacial score (nSPS) is 15.0. The number of hydrogen-bond acceptors (Lipinski definition) is 5. The van der Waals surface area contributed by atoms with E-state index in [9.17, 15) is 4.79 Å². The maximum atomic E-state index is 12.7. The molecule has 2 aromatic rings. The molecule has 6 heteroatoms. The van der Waals surface area contributed by atoms with Crippen LogP contribution in [0.1, 0.15) is 28.8 Å². The van der Waals surface area contributed by atoms with E-state index in [1.807, 2.05) is 18.2 Å². The molecular formula is C23H30N2O4. The molecule has 0 radical (unpaired) electrons. The molecule has 1 aliphatic rings. The molecule has 3 rings (SSSR count). The van der Waals surface area contributed by atoms with Crippen LogP contribution in [0, 0.1) is 5.92 Å². The van der Waals surface area contributed by atoms with Crippen molar-refractivity contribution in [3.8, 4) is 17.2 Å². The van der Waals surface area contributed by atoms with Gasteiger partial charge in [-0.25, -0.2) is 0 Å². The molecule has 1 N–H and O–H groups in total. The van der Waals surface area contributed by atoms with E-state index in [1.165, 1.54) is 5.56 Å². The van der Waals surface area contributed by atoms with Gasteiger partial charge in [0, 0.05) is 13.1 Å². The third-order valence-electron chi connectivity index (χ3n) is 5.48. The third kappa shape index (κ3) is 5.41. The molecule has 0 atom stereocenters. The topological polar surface area (TPSA) is 60.0 Å². The van der Waals surface area contributed by atoms with Gasteiger partial charge in [-0.15, -0.1) is 0 Å². The Morgan fingerprint density at radius 1 is 0.966 bits per heavy atom. The SMILES string of the molecule is COc1ccc(CN2CCC(CNC(=O)c3c(OC)cccc3OC)CC2)cc1. The van der Waals surface area contributed by atoms with Gasteiger partial charge in [0.25, 0.3) is 5.91 Å². The first-order valence-corrected chi connectivity index (χ1v) is 9.99. The van der Waals surface area contributed by atoms with E-state index in [0.29, 0.717) is 29.5 Å².